The minimum Gasteiger partial charge on any atom is -0.309 e. The molecule has 1 spiro atoms. The molecule has 0 aromatic heterocycles. The summed E-state index contributed by atoms with van der Waals surface area (Å²) >= 11 is 0. The average molecular weight is 610 g/mol. The zero-order valence-electron chi connectivity index (χ0n) is 26.3. The van der Waals surface area contributed by atoms with Gasteiger partial charge in [0.1, 0.15) is 0 Å². The first kappa shape index (κ1) is 27.0. The van der Waals surface area contributed by atoms with Crippen molar-refractivity contribution < 1.29 is 0 Å². The Bertz CT molecular complexity index is 2470. The Kier molecular flexibility index (Phi) is 5.86. The van der Waals surface area contributed by atoms with Crippen LogP contribution >= 0.6 is 0 Å². The molecule has 0 bridgehead atoms. The third-order valence-corrected chi connectivity index (χ3v) is 10.5. The molecule has 0 N–H and O–H groups in total. The van der Waals surface area contributed by atoms with E-state index in [1.165, 1.54) is 72.1 Å². The molecule has 1 heteroatoms. The molecule has 0 atom stereocenters. The number of anilines is 3. The molecule has 0 heterocycles. The van der Waals surface area contributed by atoms with Crippen LogP contribution in [0.15, 0.2) is 188 Å². The van der Waals surface area contributed by atoms with Gasteiger partial charge in [0.15, 0.2) is 0 Å². The standard InChI is InChI=1S/C47H31N/c1-3-16-32(17-4-1)34-30-31-44(38-23-8-7-20-35(34)38)48(33-18-5-2-6-19-33)45-29-15-28-43-46(45)39-24-11-14-27-42(39)47(43)40-25-12-9-21-36(40)37-22-10-13-26-41(37)47/h1-31H. The van der Waals surface area contributed by atoms with Crippen molar-refractivity contribution in [2.45, 2.75) is 5.41 Å². The monoisotopic (exact) mass is 609 g/mol. The maximum Gasteiger partial charge on any atom is 0.0726 e. The Morgan fingerprint density at radius 2 is 0.833 bits per heavy atom. The van der Waals surface area contributed by atoms with Crippen LogP contribution in [0.2, 0.25) is 0 Å². The van der Waals surface area contributed by atoms with Crippen LogP contribution in [0.4, 0.5) is 17.1 Å². The highest BCUT2D eigenvalue weighted by Crippen LogP contribution is 2.64. The second-order valence-corrected chi connectivity index (χ2v) is 12.8. The van der Waals surface area contributed by atoms with Crippen LogP contribution in [-0.4, -0.2) is 0 Å². The highest BCUT2D eigenvalue weighted by molar-refractivity contribution is 6.08. The van der Waals surface area contributed by atoms with E-state index in [1.54, 1.807) is 0 Å². The number of hydrogen-bond donors (Lipinski definition) is 0. The first-order chi connectivity index (χ1) is 23.9. The topological polar surface area (TPSA) is 3.24 Å². The Labute approximate surface area is 281 Å². The highest BCUT2D eigenvalue weighted by atomic mass is 15.1. The number of benzene rings is 8. The predicted molar refractivity (Wildman–Crippen MR) is 200 cm³/mol. The van der Waals surface area contributed by atoms with Crippen LogP contribution in [0.1, 0.15) is 22.3 Å². The molecule has 10 rings (SSSR count). The van der Waals surface area contributed by atoms with E-state index in [0.29, 0.717) is 0 Å². The van der Waals surface area contributed by atoms with Crippen LogP contribution in [0.5, 0.6) is 0 Å². The Morgan fingerprint density at radius 3 is 1.52 bits per heavy atom. The summed E-state index contributed by atoms with van der Waals surface area (Å²) in [6.45, 7) is 0. The van der Waals surface area contributed by atoms with Crippen molar-refractivity contribution in [1.82, 2.24) is 0 Å². The van der Waals surface area contributed by atoms with Crippen LogP contribution in [-0.2, 0) is 5.41 Å². The third-order valence-electron chi connectivity index (χ3n) is 10.5. The lowest BCUT2D eigenvalue weighted by Crippen LogP contribution is -2.26. The summed E-state index contributed by atoms with van der Waals surface area (Å²) in [7, 11) is 0. The number of para-hydroxylation sites is 1. The lowest BCUT2D eigenvalue weighted by molar-refractivity contribution is 0.794. The van der Waals surface area contributed by atoms with Gasteiger partial charge in [-0.15, -0.1) is 0 Å². The van der Waals surface area contributed by atoms with Gasteiger partial charge in [-0.25, -0.2) is 0 Å². The fraction of sp³-hybridized carbons (Fsp3) is 0.0213. The number of rotatable bonds is 4. The van der Waals surface area contributed by atoms with Crippen LogP contribution in [0, 0.1) is 0 Å². The zero-order valence-corrected chi connectivity index (χ0v) is 26.3. The van der Waals surface area contributed by atoms with E-state index in [4.69, 9.17) is 0 Å². The Balaban J connectivity index is 1.30. The van der Waals surface area contributed by atoms with Gasteiger partial charge in [-0.3, -0.25) is 0 Å². The number of hydrogen-bond acceptors (Lipinski definition) is 1. The third kappa shape index (κ3) is 3.62. The van der Waals surface area contributed by atoms with E-state index in [0.717, 1.165) is 11.4 Å². The molecular weight excluding hydrogens is 579 g/mol. The molecule has 8 aromatic rings. The van der Waals surface area contributed by atoms with E-state index in [-0.39, 0.29) is 0 Å². The van der Waals surface area contributed by atoms with Gasteiger partial charge in [-0.05, 0) is 79.7 Å². The second-order valence-electron chi connectivity index (χ2n) is 12.8. The molecule has 0 fully saturated rings. The van der Waals surface area contributed by atoms with Crippen molar-refractivity contribution >= 4 is 27.8 Å². The molecular formula is C47H31N. The summed E-state index contributed by atoms with van der Waals surface area (Å²) in [5, 5.41) is 2.46. The minimum absolute atomic E-state index is 0.392. The summed E-state index contributed by atoms with van der Waals surface area (Å²) in [5.41, 5.74) is 16.2. The van der Waals surface area contributed by atoms with Gasteiger partial charge in [-0.2, -0.15) is 0 Å². The van der Waals surface area contributed by atoms with E-state index in [1.807, 2.05) is 0 Å². The highest BCUT2D eigenvalue weighted by Gasteiger charge is 2.52. The van der Waals surface area contributed by atoms with Crippen molar-refractivity contribution in [2.24, 2.45) is 0 Å². The van der Waals surface area contributed by atoms with Crippen molar-refractivity contribution in [3.05, 3.63) is 210 Å². The molecule has 0 unspecified atom stereocenters. The van der Waals surface area contributed by atoms with E-state index in [9.17, 15) is 0 Å². The van der Waals surface area contributed by atoms with Gasteiger partial charge in [0.05, 0.1) is 16.8 Å². The van der Waals surface area contributed by atoms with Crippen LogP contribution in [0.25, 0.3) is 44.2 Å². The Morgan fingerprint density at radius 1 is 0.312 bits per heavy atom. The molecule has 0 aliphatic heterocycles. The lowest BCUT2D eigenvalue weighted by Gasteiger charge is -2.32. The smallest absolute Gasteiger partial charge is 0.0726 e. The predicted octanol–water partition coefficient (Wildman–Crippen LogP) is 12.3. The quantitative estimate of drug-likeness (QED) is 0.192. The van der Waals surface area contributed by atoms with Crippen LogP contribution in [0.3, 0.4) is 0 Å². The van der Waals surface area contributed by atoms with Gasteiger partial charge in [-0.1, -0.05) is 164 Å². The molecule has 48 heavy (non-hydrogen) atoms. The second kappa shape index (κ2) is 10.4. The molecule has 8 aromatic carbocycles. The first-order valence-corrected chi connectivity index (χ1v) is 16.7. The lowest BCUT2D eigenvalue weighted by atomic mass is 9.70. The largest absolute Gasteiger partial charge is 0.309 e. The maximum absolute atomic E-state index is 2.48. The summed E-state index contributed by atoms with van der Waals surface area (Å²) < 4.78 is 0. The van der Waals surface area contributed by atoms with E-state index >= 15 is 0 Å². The van der Waals surface area contributed by atoms with Gasteiger partial charge < -0.3 is 4.90 Å². The van der Waals surface area contributed by atoms with Crippen molar-refractivity contribution in [3.63, 3.8) is 0 Å². The molecule has 0 saturated carbocycles. The fourth-order valence-electron chi connectivity index (χ4n) is 8.64. The molecule has 0 amide bonds. The zero-order chi connectivity index (χ0) is 31.7. The van der Waals surface area contributed by atoms with Crippen molar-refractivity contribution in [2.75, 3.05) is 4.90 Å². The SMILES string of the molecule is c1ccc(-c2ccc(N(c3ccccc3)c3cccc4c3-c3ccccc3C43c4ccccc4-c4ccccc43)c3ccccc23)cc1. The van der Waals surface area contributed by atoms with Crippen LogP contribution < -0.4 is 4.90 Å². The minimum atomic E-state index is -0.392. The average Bonchev–Trinajstić information content (AvgIpc) is 3.64. The molecule has 2 aliphatic carbocycles. The molecule has 0 saturated heterocycles. The normalized spacial score (nSPS) is 13.2. The Hall–Kier alpha value is -6.18. The molecule has 2 aliphatic rings. The van der Waals surface area contributed by atoms with Gasteiger partial charge >= 0.3 is 0 Å². The van der Waals surface area contributed by atoms with E-state index in [2.05, 4.69) is 193 Å². The fourth-order valence-corrected chi connectivity index (χ4v) is 8.64. The van der Waals surface area contributed by atoms with Crippen molar-refractivity contribution in [3.8, 4) is 33.4 Å². The van der Waals surface area contributed by atoms with Gasteiger partial charge in [0.25, 0.3) is 0 Å². The first-order valence-electron chi connectivity index (χ1n) is 16.7. The van der Waals surface area contributed by atoms with Gasteiger partial charge in [0.2, 0.25) is 0 Å². The number of fused-ring (bicyclic) bond motifs is 11. The summed E-state index contributed by atoms with van der Waals surface area (Å²) in [6, 6.07) is 69.1. The molecule has 224 valence electrons. The van der Waals surface area contributed by atoms with Gasteiger partial charge in [0, 0.05) is 16.6 Å². The summed E-state index contributed by atoms with van der Waals surface area (Å²) in [6.07, 6.45) is 0. The molecule has 1 nitrogen and oxygen atoms in total. The maximum atomic E-state index is 2.48. The molecule has 0 radical (unpaired) electrons. The summed E-state index contributed by atoms with van der Waals surface area (Å²) in [4.78, 5) is 2.48. The summed E-state index contributed by atoms with van der Waals surface area (Å²) in [5.74, 6) is 0. The van der Waals surface area contributed by atoms with E-state index < -0.39 is 5.41 Å². The number of nitrogens with zero attached hydrogens (tertiary/aromatic N) is 1. The van der Waals surface area contributed by atoms with Crippen molar-refractivity contribution in [1.29, 1.82) is 0 Å².